The second kappa shape index (κ2) is 5.67. The normalized spacial score (nSPS) is 23.9. The molecule has 1 saturated heterocycles. The average molecular weight is 262 g/mol. The quantitative estimate of drug-likeness (QED) is 0.837. The van der Waals surface area contributed by atoms with Crippen molar-refractivity contribution in [1.82, 2.24) is 9.62 Å². The van der Waals surface area contributed by atoms with E-state index in [2.05, 4.69) is 5.32 Å². The van der Waals surface area contributed by atoms with Crippen molar-refractivity contribution in [2.75, 3.05) is 20.1 Å². The van der Waals surface area contributed by atoms with Gasteiger partial charge in [-0.3, -0.25) is 0 Å². The molecule has 17 heavy (non-hydrogen) atoms. The van der Waals surface area contributed by atoms with Crippen molar-refractivity contribution < 1.29 is 8.42 Å². The second-order valence-electron chi connectivity index (χ2n) is 5.77. The molecule has 0 aromatic rings. The molecule has 1 aliphatic heterocycles. The fourth-order valence-corrected chi connectivity index (χ4v) is 3.92. The summed E-state index contributed by atoms with van der Waals surface area (Å²) in [6.07, 6.45) is 4.04. The van der Waals surface area contributed by atoms with Gasteiger partial charge < -0.3 is 5.32 Å². The molecule has 1 atom stereocenters. The number of nitrogens with zero attached hydrogens (tertiary/aromatic N) is 1. The Kier molecular flexibility index (Phi) is 4.98. The Morgan fingerprint density at radius 3 is 2.47 bits per heavy atom. The third-order valence-electron chi connectivity index (χ3n) is 3.38. The molecule has 0 amide bonds. The average Bonchev–Trinajstić information content (AvgIpc) is 2.25. The lowest BCUT2D eigenvalue weighted by molar-refractivity contribution is 0.235. The molecule has 4 nitrogen and oxygen atoms in total. The van der Waals surface area contributed by atoms with Crippen molar-refractivity contribution in [3.63, 3.8) is 0 Å². The molecule has 1 N–H and O–H groups in total. The van der Waals surface area contributed by atoms with Crippen LogP contribution in [0.3, 0.4) is 0 Å². The Hall–Kier alpha value is -0.130. The number of hydrogen-bond acceptors (Lipinski definition) is 3. The molecule has 1 fully saturated rings. The lowest BCUT2D eigenvalue weighted by atomic mass is 10.0. The molecule has 0 saturated carbocycles. The van der Waals surface area contributed by atoms with E-state index in [1.165, 1.54) is 0 Å². The summed E-state index contributed by atoms with van der Waals surface area (Å²) in [5.41, 5.74) is 0. The molecule has 1 heterocycles. The van der Waals surface area contributed by atoms with Crippen molar-refractivity contribution in [1.29, 1.82) is 0 Å². The molecular formula is C12H26N2O2S. The van der Waals surface area contributed by atoms with Crippen molar-refractivity contribution in [2.24, 2.45) is 0 Å². The van der Waals surface area contributed by atoms with Gasteiger partial charge in [0.2, 0.25) is 10.0 Å². The highest BCUT2D eigenvalue weighted by atomic mass is 32.2. The van der Waals surface area contributed by atoms with Crippen LogP contribution in [0.25, 0.3) is 0 Å². The van der Waals surface area contributed by atoms with Crippen molar-refractivity contribution in [2.45, 2.75) is 57.2 Å². The molecule has 1 aliphatic rings. The first-order valence-electron chi connectivity index (χ1n) is 6.46. The fraction of sp³-hybridized carbons (Fsp3) is 1.00. The molecule has 0 bridgehead atoms. The minimum Gasteiger partial charge on any atom is -0.320 e. The lowest BCUT2D eigenvalue weighted by Crippen LogP contribution is -2.50. The number of piperidine rings is 1. The van der Waals surface area contributed by atoms with Gasteiger partial charge in [0.1, 0.15) is 0 Å². The van der Waals surface area contributed by atoms with Crippen LogP contribution in [0.4, 0.5) is 0 Å². The Morgan fingerprint density at radius 1 is 1.29 bits per heavy atom. The van der Waals surface area contributed by atoms with Crippen LogP contribution in [0.2, 0.25) is 0 Å². The van der Waals surface area contributed by atoms with Crippen LogP contribution < -0.4 is 5.32 Å². The van der Waals surface area contributed by atoms with E-state index in [0.717, 1.165) is 32.2 Å². The summed E-state index contributed by atoms with van der Waals surface area (Å²) in [5.74, 6) is 0. The topological polar surface area (TPSA) is 49.4 Å². The molecule has 1 unspecified atom stereocenters. The largest absolute Gasteiger partial charge is 0.320 e. The first kappa shape index (κ1) is 14.9. The minimum atomic E-state index is -3.17. The maximum atomic E-state index is 12.5. The van der Waals surface area contributed by atoms with Crippen molar-refractivity contribution in [3.8, 4) is 0 Å². The van der Waals surface area contributed by atoms with Gasteiger partial charge in [-0.25, -0.2) is 8.42 Å². The zero-order valence-corrected chi connectivity index (χ0v) is 12.3. The van der Waals surface area contributed by atoms with Gasteiger partial charge in [0.15, 0.2) is 0 Å². The predicted octanol–water partition coefficient (Wildman–Crippen LogP) is 1.58. The van der Waals surface area contributed by atoms with Crippen LogP contribution in [-0.2, 0) is 10.0 Å². The van der Waals surface area contributed by atoms with Crippen molar-refractivity contribution >= 4 is 10.0 Å². The highest BCUT2D eigenvalue weighted by molar-refractivity contribution is 7.90. The molecule has 1 rings (SSSR count). The Labute approximate surface area is 106 Å². The summed E-state index contributed by atoms with van der Waals surface area (Å²) in [5, 5.41) is 3.10. The third-order valence-corrected chi connectivity index (χ3v) is 6.03. The number of rotatable bonds is 4. The SMILES string of the molecule is CNCCC1CCCCN1S(=O)(=O)C(C)(C)C. The molecule has 0 aromatic heterocycles. The van der Waals surface area contributed by atoms with E-state index in [1.54, 1.807) is 25.1 Å². The highest BCUT2D eigenvalue weighted by Gasteiger charge is 2.39. The van der Waals surface area contributed by atoms with E-state index < -0.39 is 14.8 Å². The van der Waals surface area contributed by atoms with Gasteiger partial charge in [0, 0.05) is 12.6 Å². The number of hydrogen-bond donors (Lipinski definition) is 1. The van der Waals surface area contributed by atoms with Crippen LogP contribution >= 0.6 is 0 Å². The summed E-state index contributed by atoms with van der Waals surface area (Å²) < 4.78 is 26.0. The van der Waals surface area contributed by atoms with E-state index >= 15 is 0 Å². The number of sulfonamides is 1. The van der Waals surface area contributed by atoms with Crippen LogP contribution in [0.5, 0.6) is 0 Å². The monoisotopic (exact) mass is 262 g/mol. The second-order valence-corrected chi connectivity index (χ2v) is 8.41. The van der Waals surface area contributed by atoms with Crippen LogP contribution in [0.1, 0.15) is 46.5 Å². The summed E-state index contributed by atoms with van der Waals surface area (Å²) in [6, 6.07) is 0.181. The van der Waals surface area contributed by atoms with E-state index in [0.29, 0.717) is 6.54 Å². The van der Waals surface area contributed by atoms with Gasteiger partial charge in [0.25, 0.3) is 0 Å². The molecule has 0 aromatic carbocycles. The third kappa shape index (κ3) is 3.42. The van der Waals surface area contributed by atoms with E-state index in [-0.39, 0.29) is 6.04 Å². The van der Waals surface area contributed by atoms with Gasteiger partial charge in [-0.15, -0.1) is 0 Å². The van der Waals surface area contributed by atoms with Gasteiger partial charge in [0.05, 0.1) is 4.75 Å². The first-order chi connectivity index (χ1) is 7.80. The highest BCUT2D eigenvalue weighted by Crippen LogP contribution is 2.29. The molecule has 102 valence electrons. The van der Waals surface area contributed by atoms with E-state index in [1.807, 2.05) is 7.05 Å². The van der Waals surface area contributed by atoms with Crippen LogP contribution in [0.15, 0.2) is 0 Å². The van der Waals surface area contributed by atoms with Gasteiger partial charge in [-0.2, -0.15) is 4.31 Å². The molecule has 0 radical (unpaired) electrons. The Morgan fingerprint density at radius 2 is 1.94 bits per heavy atom. The van der Waals surface area contributed by atoms with E-state index in [4.69, 9.17) is 0 Å². The lowest BCUT2D eigenvalue weighted by Gasteiger charge is -2.38. The van der Waals surface area contributed by atoms with Gasteiger partial charge in [-0.05, 0) is 53.6 Å². The predicted molar refractivity (Wildman–Crippen MR) is 71.6 cm³/mol. The summed E-state index contributed by atoms with van der Waals surface area (Å²) >= 11 is 0. The maximum Gasteiger partial charge on any atom is 0.219 e. The van der Waals surface area contributed by atoms with Gasteiger partial charge in [-0.1, -0.05) is 6.42 Å². The van der Waals surface area contributed by atoms with Crippen LogP contribution in [0, 0.1) is 0 Å². The minimum absolute atomic E-state index is 0.181. The summed E-state index contributed by atoms with van der Waals surface area (Å²) in [7, 11) is -1.27. The fourth-order valence-electron chi connectivity index (χ4n) is 2.24. The Bertz CT molecular complexity index is 333. The summed E-state index contributed by atoms with van der Waals surface area (Å²) in [6.45, 7) is 6.92. The van der Waals surface area contributed by atoms with Crippen molar-refractivity contribution in [3.05, 3.63) is 0 Å². The Balaban J connectivity index is 2.84. The van der Waals surface area contributed by atoms with Gasteiger partial charge >= 0.3 is 0 Å². The smallest absolute Gasteiger partial charge is 0.219 e. The first-order valence-corrected chi connectivity index (χ1v) is 7.90. The zero-order valence-electron chi connectivity index (χ0n) is 11.5. The standard InChI is InChI=1S/C12H26N2O2S/c1-12(2,3)17(15,16)14-10-6-5-7-11(14)8-9-13-4/h11,13H,5-10H2,1-4H3. The molecule has 0 aliphatic carbocycles. The molecule has 5 heteroatoms. The molecule has 0 spiro atoms. The van der Waals surface area contributed by atoms with E-state index in [9.17, 15) is 8.42 Å². The zero-order chi connectivity index (χ0) is 13.1. The van der Waals surface area contributed by atoms with Crippen LogP contribution in [-0.4, -0.2) is 43.6 Å². The maximum absolute atomic E-state index is 12.5. The molecular weight excluding hydrogens is 236 g/mol. The summed E-state index contributed by atoms with van der Waals surface area (Å²) in [4.78, 5) is 0. The number of nitrogens with one attached hydrogen (secondary N) is 1.